The largest absolute Gasteiger partial charge is 0.497 e. The van der Waals surface area contributed by atoms with Crippen LogP contribution in [0.3, 0.4) is 0 Å². The predicted octanol–water partition coefficient (Wildman–Crippen LogP) is 6.45. The van der Waals surface area contributed by atoms with Gasteiger partial charge in [0.15, 0.2) is 17.0 Å². The molecule has 7 aromatic rings. The number of aliphatic hydroxyl groups excluding tert-OH is 1. The minimum Gasteiger partial charge on any atom is -0.497 e. The maximum absolute atomic E-state index is 13.9. The molecule has 1 fully saturated rings. The van der Waals surface area contributed by atoms with E-state index in [-0.39, 0.29) is 24.4 Å². The van der Waals surface area contributed by atoms with E-state index in [1.54, 1.807) is 43.1 Å². The molecule has 1 saturated heterocycles. The lowest BCUT2D eigenvalue weighted by molar-refractivity contribution is -0.0931. The third-order valence-corrected chi connectivity index (χ3v) is 10.5. The van der Waals surface area contributed by atoms with Crippen LogP contribution in [0.4, 0.5) is 5.82 Å². The van der Waals surface area contributed by atoms with Crippen LogP contribution in [0.2, 0.25) is 0 Å². The van der Waals surface area contributed by atoms with Crippen molar-refractivity contribution in [3.8, 4) is 11.5 Å². The second kappa shape index (κ2) is 13.7. The fourth-order valence-corrected chi connectivity index (χ4v) is 7.75. The Morgan fingerprint density at radius 2 is 1.35 bits per heavy atom. The smallest absolute Gasteiger partial charge is 0.267 e. The zero-order valence-electron chi connectivity index (χ0n) is 29.9. The fourth-order valence-electron chi connectivity index (χ4n) is 7.75. The van der Waals surface area contributed by atoms with E-state index in [1.165, 1.54) is 12.7 Å². The number of anilines is 1. The zero-order valence-corrected chi connectivity index (χ0v) is 29.9. The number of nitrogens with zero attached hydrogens (tertiary/aromatic N) is 5. The van der Waals surface area contributed by atoms with Crippen molar-refractivity contribution in [3.63, 3.8) is 0 Å². The summed E-state index contributed by atoms with van der Waals surface area (Å²) in [5, 5.41) is 12.9. The van der Waals surface area contributed by atoms with Gasteiger partial charge in [-0.3, -0.25) is 14.2 Å². The van der Waals surface area contributed by atoms with Gasteiger partial charge in [-0.25, -0.2) is 19.9 Å². The molecule has 5 aromatic carbocycles. The second-order valence-corrected chi connectivity index (χ2v) is 13.4. The topological polar surface area (TPSA) is 138 Å². The quantitative estimate of drug-likeness (QED) is 0.123. The minimum absolute atomic E-state index is 0.0131. The summed E-state index contributed by atoms with van der Waals surface area (Å²) in [7, 11) is 3.24. The van der Waals surface area contributed by atoms with Gasteiger partial charge in [-0.1, -0.05) is 78.9 Å². The molecule has 4 heterocycles. The number of fused-ring (bicyclic) bond motifs is 1. The molecule has 0 saturated carbocycles. The van der Waals surface area contributed by atoms with Gasteiger partial charge in [0.1, 0.15) is 35.8 Å². The summed E-state index contributed by atoms with van der Waals surface area (Å²) in [6.07, 6.45) is 0.684. The molecule has 3 atom stereocenters. The monoisotopic (exact) mass is 733 g/mol. The van der Waals surface area contributed by atoms with E-state index >= 15 is 0 Å². The van der Waals surface area contributed by atoms with Crippen LogP contribution in [-0.2, 0) is 15.1 Å². The highest BCUT2D eigenvalue weighted by atomic mass is 16.6. The number of aromatic nitrogens is 4. The Balaban J connectivity index is 1.04. The number of hydrogen-bond donors (Lipinski definition) is 1. The summed E-state index contributed by atoms with van der Waals surface area (Å²) in [6, 6.07) is 36.1. The summed E-state index contributed by atoms with van der Waals surface area (Å²) < 4.78 is 26.2. The van der Waals surface area contributed by atoms with Crippen LogP contribution >= 0.6 is 0 Å². The number of imidazole rings is 1. The second-order valence-electron chi connectivity index (χ2n) is 13.4. The zero-order chi connectivity index (χ0) is 37.7. The molecule has 2 aromatic heterocycles. The first-order valence-electron chi connectivity index (χ1n) is 17.8. The van der Waals surface area contributed by atoms with E-state index in [2.05, 4.69) is 15.0 Å². The Bertz CT molecular complexity index is 2460. The van der Waals surface area contributed by atoms with E-state index in [0.717, 1.165) is 27.0 Å². The van der Waals surface area contributed by atoms with Crippen LogP contribution in [0.15, 0.2) is 128 Å². The van der Waals surface area contributed by atoms with Crippen molar-refractivity contribution in [1.29, 1.82) is 0 Å². The number of imide groups is 1. The number of rotatable bonds is 10. The summed E-state index contributed by atoms with van der Waals surface area (Å²) in [5.74, 6) is 0.478. The van der Waals surface area contributed by atoms with Gasteiger partial charge in [-0.2, -0.15) is 0 Å². The molecule has 1 unspecified atom stereocenters. The summed E-state index contributed by atoms with van der Waals surface area (Å²) in [4.78, 5) is 42.2. The van der Waals surface area contributed by atoms with Crippen LogP contribution in [-0.4, -0.2) is 69.5 Å². The van der Waals surface area contributed by atoms with Crippen molar-refractivity contribution >= 4 is 39.6 Å². The van der Waals surface area contributed by atoms with E-state index < -0.39 is 35.9 Å². The summed E-state index contributed by atoms with van der Waals surface area (Å²) in [5.41, 5.74) is 2.85. The molecule has 0 bridgehead atoms. The number of carbonyl (C=O) groups excluding carboxylic acids is 2. The SMILES string of the molecule is COc1ccc(C(OC[C@H]2O[C@@H](n3cnc4c(N5C(=O)c6cccc7cccc(c67)C5=O)ncnc43)CC2O)(c2ccccc2)c2ccc(OC)cc2)cc1. The number of methoxy groups -OCH3 is 2. The van der Waals surface area contributed by atoms with Crippen molar-refractivity contribution in [2.75, 3.05) is 25.7 Å². The Morgan fingerprint density at radius 1 is 0.745 bits per heavy atom. The third-order valence-electron chi connectivity index (χ3n) is 10.5. The maximum Gasteiger partial charge on any atom is 0.267 e. The molecule has 12 nitrogen and oxygen atoms in total. The van der Waals surface area contributed by atoms with Gasteiger partial charge in [0.2, 0.25) is 0 Å². The first kappa shape index (κ1) is 34.3. The Morgan fingerprint density at radius 3 is 1.95 bits per heavy atom. The van der Waals surface area contributed by atoms with Crippen molar-refractivity contribution < 1.29 is 33.6 Å². The number of amides is 2. The molecule has 2 aliphatic heterocycles. The average molecular weight is 734 g/mol. The van der Waals surface area contributed by atoms with Crippen molar-refractivity contribution in [2.24, 2.45) is 0 Å². The van der Waals surface area contributed by atoms with Gasteiger partial charge in [-0.15, -0.1) is 0 Å². The molecular formula is C43H35N5O7. The van der Waals surface area contributed by atoms with Gasteiger partial charge in [-0.05, 0) is 58.5 Å². The lowest BCUT2D eigenvalue weighted by Crippen LogP contribution is -2.41. The van der Waals surface area contributed by atoms with Crippen LogP contribution < -0.4 is 14.4 Å². The molecule has 55 heavy (non-hydrogen) atoms. The standard InChI is InChI=1S/C43H35N5O7/c1-52-30-18-14-28(15-19-30)43(27-10-4-3-5-11-27,29-16-20-31(53-2)21-17-29)54-23-35-34(49)22-36(55-35)47-25-46-38-39(47)44-24-45-40(38)48-41(50)32-12-6-8-26-9-7-13-33(37(26)32)42(48)51/h3-21,24-25,34-36,49H,22-23H2,1-2H3/t34?,35-,36-/m1/s1. The van der Waals surface area contributed by atoms with Crippen molar-refractivity contribution in [2.45, 2.75) is 30.5 Å². The predicted molar refractivity (Wildman–Crippen MR) is 203 cm³/mol. The van der Waals surface area contributed by atoms with Crippen molar-refractivity contribution in [3.05, 3.63) is 156 Å². The van der Waals surface area contributed by atoms with Crippen molar-refractivity contribution in [1.82, 2.24) is 19.5 Å². The molecule has 0 spiro atoms. The number of hydrogen-bond acceptors (Lipinski definition) is 10. The van der Waals surface area contributed by atoms with Gasteiger partial charge in [0.05, 0.1) is 33.3 Å². The Labute approximate surface area is 315 Å². The number of benzene rings is 5. The molecule has 1 N–H and O–H groups in total. The maximum atomic E-state index is 13.9. The number of carbonyl (C=O) groups is 2. The highest BCUT2D eigenvalue weighted by Gasteiger charge is 2.43. The van der Waals surface area contributed by atoms with Gasteiger partial charge < -0.3 is 24.1 Å². The molecule has 0 radical (unpaired) electrons. The van der Waals surface area contributed by atoms with E-state index in [1.807, 2.05) is 91.0 Å². The normalized spacial score (nSPS) is 18.3. The third kappa shape index (κ3) is 5.61. The molecule has 12 heteroatoms. The fraction of sp³-hybridized carbons (Fsp3) is 0.186. The summed E-state index contributed by atoms with van der Waals surface area (Å²) in [6.45, 7) is 0.0131. The summed E-state index contributed by atoms with van der Waals surface area (Å²) >= 11 is 0. The highest BCUT2D eigenvalue weighted by Crippen LogP contribution is 2.43. The van der Waals surface area contributed by atoms with Gasteiger partial charge in [0.25, 0.3) is 11.8 Å². The van der Waals surface area contributed by atoms with E-state index in [4.69, 9.17) is 18.9 Å². The Hall–Kier alpha value is -6.47. The highest BCUT2D eigenvalue weighted by molar-refractivity contribution is 6.36. The molecule has 2 aliphatic rings. The first-order valence-corrected chi connectivity index (χ1v) is 17.8. The van der Waals surface area contributed by atoms with Gasteiger partial charge >= 0.3 is 0 Å². The first-order chi connectivity index (χ1) is 26.9. The number of aliphatic hydroxyl groups is 1. The van der Waals surface area contributed by atoms with E-state index in [0.29, 0.717) is 33.7 Å². The molecule has 9 rings (SSSR count). The lowest BCUT2D eigenvalue weighted by atomic mass is 9.80. The molecular weight excluding hydrogens is 699 g/mol. The van der Waals surface area contributed by atoms with Crippen LogP contribution in [0.25, 0.3) is 21.9 Å². The lowest BCUT2D eigenvalue weighted by Gasteiger charge is -2.37. The van der Waals surface area contributed by atoms with Crippen LogP contribution in [0.5, 0.6) is 11.5 Å². The Kier molecular flexibility index (Phi) is 8.57. The molecule has 0 aliphatic carbocycles. The minimum atomic E-state index is -1.11. The average Bonchev–Trinajstić information content (AvgIpc) is 3.84. The van der Waals surface area contributed by atoms with Crippen LogP contribution in [0.1, 0.15) is 50.1 Å². The van der Waals surface area contributed by atoms with Gasteiger partial charge in [0, 0.05) is 22.9 Å². The van der Waals surface area contributed by atoms with Crippen LogP contribution in [0, 0.1) is 0 Å². The van der Waals surface area contributed by atoms with E-state index in [9.17, 15) is 14.7 Å². The molecule has 2 amide bonds. The number of ether oxygens (including phenoxy) is 4. The molecule has 274 valence electrons.